The highest BCUT2D eigenvalue weighted by molar-refractivity contribution is 9.09. The fraction of sp³-hybridized carbons (Fsp3) is 0.273. The fourth-order valence-corrected chi connectivity index (χ4v) is 1.57. The Morgan fingerprint density at radius 2 is 2.27 bits per heavy atom. The molecule has 0 aliphatic carbocycles. The molecule has 0 spiro atoms. The molecule has 15 heavy (non-hydrogen) atoms. The molecular formula is C11H10BrNO2. The van der Waals surface area contributed by atoms with E-state index in [1.807, 2.05) is 0 Å². The second-order valence-corrected chi connectivity index (χ2v) is 3.60. The first-order valence-corrected chi connectivity index (χ1v) is 5.44. The van der Waals surface area contributed by atoms with Gasteiger partial charge in [0, 0.05) is 0 Å². The summed E-state index contributed by atoms with van der Waals surface area (Å²) in [7, 11) is 1.48. The number of nitriles is 1. The molecule has 1 aromatic rings. The molecule has 0 fully saturated rings. The van der Waals surface area contributed by atoms with Gasteiger partial charge in [0.25, 0.3) is 0 Å². The van der Waals surface area contributed by atoms with E-state index in [9.17, 15) is 4.79 Å². The lowest BCUT2D eigenvalue weighted by molar-refractivity contribution is 0.102. The van der Waals surface area contributed by atoms with Crippen LogP contribution in [0.5, 0.6) is 5.75 Å². The Labute approximate surface area is 96.8 Å². The van der Waals surface area contributed by atoms with Crippen molar-refractivity contribution < 1.29 is 9.53 Å². The summed E-state index contributed by atoms with van der Waals surface area (Å²) >= 11 is 3.10. The summed E-state index contributed by atoms with van der Waals surface area (Å²) in [6, 6.07) is 5.32. The number of Topliss-reactive ketones (excluding diaryl/α,β-unsaturated/α-hetero) is 1. The zero-order chi connectivity index (χ0) is 11.4. The Kier molecular flexibility index (Phi) is 3.87. The van der Waals surface area contributed by atoms with Gasteiger partial charge in [0.2, 0.25) is 0 Å². The van der Waals surface area contributed by atoms with E-state index >= 15 is 0 Å². The number of benzene rings is 1. The third kappa shape index (κ3) is 2.37. The Morgan fingerprint density at radius 1 is 1.60 bits per heavy atom. The molecule has 0 unspecified atom stereocenters. The molecule has 0 bridgehead atoms. The Morgan fingerprint density at radius 3 is 2.73 bits per heavy atom. The number of rotatable bonds is 3. The molecule has 0 aliphatic rings. The minimum atomic E-state index is -0.0561. The van der Waals surface area contributed by atoms with Crippen LogP contribution in [0.25, 0.3) is 0 Å². The summed E-state index contributed by atoms with van der Waals surface area (Å²) in [4.78, 5) is 11.5. The van der Waals surface area contributed by atoms with Crippen molar-refractivity contribution in [2.45, 2.75) is 6.92 Å². The molecule has 1 aromatic carbocycles. The number of ether oxygens (including phenoxy) is 1. The van der Waals surface area contributed by atoms with Gasteiger partial charge in [0.05, 0.1) is 29.6 Å². The Balaban J connectivity index is 3.35. The fourth-order valence-electron chi connectivity index (χ4n) is 1.27. The van der Waals surface area contributed by atoms with Crippen molar-refractivity contribution in [3.63, 3.8) is 0 Å². The van der Waals surface area contributed by atoms with Crippen LogP contribution in [0.4, 0.5) is 0 Å². The SMILES string of the molecule is COc1cc(C#N)c(C)cc1C(=O)CBr. The number of hydrogen-bond acceptors (Lipinski definition) is 3. The van der Waals surface area contributed by atoms with Gasteiger partial charge in [-0.05, 0) is 24.6 Å². The second-order valence-electron chi connectivity index (χ2n) is 3.04. The normalized spacial score (nSPS) is 9.47. The minimum absolute atomic E-state index is 0.0561. The van der Waals surface area contributed by atoms with E-state index in [4.69, 9.17) is 10.00 Å². The maximum Gasteiger partial charge on any atom is 0.177 e. The first-order valence-electron chi connectivity index (χ1n) is 4.32. The van der Waals surface area contributed by atoms with Gasteiger partial charge >= 0.3 is 0 Å². The van der Waals surface area contributed by atoms with Gasteiger partial charge < -0.3 is 4.74 Å². The number of nitrogens with zero attached hydrogens (tertiary/aromatic N) is 1. The molecule has 0 atom stereocenters. The minimum Gasteiger partial charge on any atom is -0.496 e. The number of aryl methyl sites for hydroxylation is 1. The first-order chi connectivity index (χ1) is 7.13. The van der Waals surface area contributed by atoms with E-state index in [1.54, 1.807) is 19.1 Å². The van der Waals surface area contributed by atoms with Crippen molar-refractivity contribution in [2.75, 3.05) is 12.4 Å². The second kappa shape index (κ2) is 4.94. The Hall–Kier alpha value is -1.34. The lowest BCUT2D eigenvalue weighted by Gasteiger charge is -2.08. The summed E-state index contributed by atoms with van der Waals surface area (Å²) in [5.74, 6) is 0.390. The molecule has 0 aliphatic heterocycles. The van der Waals surface area contributed by atoms with E-state index < -0.39 is 0 Å². The number of halogens is 1. The van der Waals surface area contributed by atoms with Gasteiger partial charge in [-0.3, -0.25) is 4.79 Å². The molecule has 0 radical (unpaired) electrons. The maximum absolute atomic E-state index is 11.5. The van der Waals surface area contributed by atoms with Crippen molar-refractivity contribution in [1.29, 1.82) is 5.26 Å². The largest absolute Gasteiger partial charge is 0.496 e. The van der Waals surface area contributed by atoms with Crippen molar-refractivity contribution in [2.24, 2.45) is 0 Å². The number of methoxy groups -OCH3 is 1. The maximum atomic E-state index is 11.5. The van der Waals surface area contributed by atoms with Crippen molar-refractivity contribution in [3.05, 3.63) is 28.8 Å². The average molecular weight is 268 g/mol. The molecule has 1 rings (SSSR count). The van der Waals surface area contributed by atoms with Gasteiger partial charge in [0.15, 0.2) is 5.78 Å². The van der Waals surface area contributed by atoms with Gasteiger partial charge in [-0.2, -0.15) is 5.26 Å². The van der Waals surface area contributed by atoms with Crippen LogP contribution in [0.15, 0.2) is 12.1 Å². The standard InChI is InChI=1S/C11H10BrNO2/c1-7-3-9(10(14)5-12)11(15-2)4-8(7)6-13/h3-4H,5H2,1-2H3. The third-order valence-electron chi connectivity index (χ3n) is 2.09. The highest BCUT2D eigenvalue weighted by Gasteiger charge is 2.13. The van der Waals surface area contributed by atoms with E-state index in [0.717, 1.165) is 5.56 Å². The van der Waals surface area contributed by atoms with Crippen molar-refractivity contribution >= 4 is 21.7 Å². The summed E-state index contributed by atoms with van der Waals surface area (Å²) in [5.41, 5.74) is 1.81. The predicted octanol–water partition coefficient (Wildman–Crippen LogP) is 2.45. The number of hydrogen-bond donors (Lipinski definition) is 0. The number of carbonyl (C=O) groups excluding carboxylic acids is 1. The van der Waals surface area contributed by atoms with E-state index in [2.05, 4.69) is 22.0 Å². The highest BCUT2D eigenvalue weighted by atomic mass is 79.9. The van der Waals surface area contributed by atoms with Crippen LogP contribution in [0, 0.1) is 18.3 Å². The number of ketones is 1. The molecule has 0 amide bonds. The lowest BCUT2D eigenvalue weighted by atomic mass is 10.0. The third-order valence-corrected chi connectivity index (χ3v) is 2.60. The number of carbonyl (C=O) groups is 1. The van der Waals surface area contributed by atoms with Crippen LogP contribution in [0.3, 0.4) is 0 Å². The van der Waals surface area contributed by atoms with Crippen molar-refractivity contribution in [1.82, 2.24) is 0 Å². The highest BCUT2D eigenvalue weighted by Crippen LogP contribution is 2.23. The van der Waals surface area contributed by atoms with E-state index in [1.165, 1.54) is 7.11 Å². The molecule has 3 nitrogen and oxygen atoms in total. The van der Waals surface area contributed by atoms with Gasteiger partial charge in [-0.1, -0.05) is 15.9 Å². The van der Waals surface area contributed by atoms with E-state index in [-0.39, 0.29) is 11.1 Å². The zero-order valence-electron chi connectivity index (χ0n) is 8.50. The molecule has 0 aromatic heterocycles. The summed E-state index contributed by atoms with van der Waals surface area (Å²) in [6.45, 7) is 1.79. The molecule has 78 valence electrons. The first kappa shape index (κ1) is 11.7. The topological polar surface area (TPSA) is 50.1 Å². The van der Waals surface area contributed by atoms with Crippen molar-refractivity contribution in [3.8, 4) is 11.8 Å². The van der Waals surface area contributed by atoms with Crippen LogP contribution in [-0.4, -0.2) is 18.2 Å². The number of alkyl halides is 1. The van der Waals surface area contributed by atoms with Crippen LogP contribution >= 0.6 is 15.9 Å². The van der Waals surface area contributed by atoms with E-state index in [0.29, 0.717) is 16.9 Å². The molecule has 0 heterocycles. The monoisotopic (exact) mass is 267 g/mol. The van der Waals surface area contributed by atoms with Gasteiger partial charge in [-0.25, -0.2) is 0 Å². The molecule has 0 N–H and O–H groups in total. The van der Waals surface area contributed by atoms with Crippen LogP contribution in [0.1, 0.15) is 21.5 Å². The average Bonchev–Trinajstić information content (AvgIpc) is 2.27. The van der Waals surface area contributed by atoms with Crippen LogP contribution in [-0.2, 0) is 0 Å². The summed E-state index contributed by atoms with van der Waals surface area (Å²) < 4.78 is 5.07. The molecule has 4 heteroatoms. The molecule has 0 saturated heterocycles. The van der Waals surface area contributed by atoms with Crippen LogP contribution < -0.4 is 4.74 Å². The summed E-state index contributed by atoms with van der Waals surface area (Å²) in [5, 5.41) is 9.07. The molecule has 0 saturated carbocycles. The quantitative estimate of drug-likeness (QED) is 0.625. The predicted molar refractivity (Wildman–Crippen MR) is 60.6 cm³/mol. The van der Waals surface area contributed by atoms with Gasteiger partial charge in [-0.15, -0.1) is 0 Å². The Bertz CT molecular complexity index is 435. The smallest absolute Gasteiger partial charge is 0.177 e. The zero-order valence-corrected chi connectivity index (χ0v) is 10.1. The summed E-state index contributed by atoms with van der Waals surface area (Å²) in [6.07, 6.45) is 0. The van der Waals surface area contributed by atoms with Gasteiger partial charge in [0.1, 0.15) is 5.75 Å². The van der Waals surface area contributed by atoms with Crippen LogP contribution in [0.2, 0.25) is 0 Å². The lowest BCUT2D eigenvalue weighted by Crippen LogP contribution is -2.04. The molecular weight excluding hydrogens is 258 g/mol.